The summed E-state index contributed by atoms with van der Waals surface area (Å²) in [6.07, 6.45) is 7.51. The first-order valence-corrected chi connectivity index (χ1v) is 16.0. The Bertz CT molecular complexity index is 1780. The van der Waals surface area contributed by atoms with Gasteiger partial charge < -0.3 is 19.9 Å². The zero-order valence-corrected chi connectivity index (χ0v) is 25.3. The predicted molar refractivity (Wildman–Crippen MR) is 162 cm³/mol. The lowest BCUT2D eigenvalue weighted by Gasteiger charge is -2.25. The van der Waals surface area contributed by atoms with Gasteiger partial charge in [0.15, 0.2) is 5.65 Å². The number of benzene rings is 1. The molecule has 0 spiro atoms. The molecule has 1 saturated heterocycles. The number of imidazole rings is 2. The quantitative estimate of drug-likeness (QED) is 0.302. The number of aromatic nitrogens is 5. The molecule has 0 radical (unpaired) electrons. The van der Waals surface area contributed by atoms with Crippen molar-refractivity contribution in [3.63, 3.8) is 0 Å². The van der Waals surface area contributed by atoms with Crippen molar-refractivity contribution < 1.29 is 17.9 Å². The smallest absolute Gasteiger partial charge is 0.232 e. The van der Waals surface area contributed by atoms with Crippen molar-refractivity contribution in [3.8, 4) is 11.4 Å². The number of rotatable bonds is 8. The average molecular weight is 593 g/mol. The molecule has 1 saturated carbocycles. The van der Waals surface area contributed by atoms with E-state index in [-0.39, 0.29) is 18.1 Å². The Morgan fingerprint density at radius 3 is 2.50 bits per heavy atom. The normalized spacial score (nSPS) is 17.4. The van der Waals surface area contributed by atoms with Crippen LogP contribution in [0.5, 0.6) is 0 Å². The summed E-state index contributed by atoms with van der Waals surface area (Å²) in [7, 11) is -0.176. The van der Waals surface area contributed by atoms with Gasteiger partial charge in [0.25, 0.3) is 0 Å². The van der Waals surface area contributed by atoms with Crippen LogP contribution in [0, 0.1) is 19.8 Å². The maximum Gasteiger partial charge on any atom is 0.232 e. The summed E-state index contributed by atoms with van der Waals surface area (Å²) in [6.45, 7) is 4.49. The zero-order chi connectivity index (χ0) is 29.8. The van der Waals surface area contributed by atoms with Gasteiger partial charge in [0.05, 0.1) is 29.0 Å². The first-order valence-electron chi connectivity index (χ1n) is 14.2. The fraction of sp³-hybridized carbons (Fsp3) is 0.448. The molecule has 1 aliphatic heterocycles. The highest BCUT2D eigenvalue weighted by atomic mass is 32.2. The molecule has 3 aromatic heterocycles. The molecule has 12 nitrogen and oxygen atoms in total. The Morgan fingerprint density at radius 1 is 1.07 bits per heavy atom. The molecule has 6 rings (SSSR count). The summed E-state index contributed by atoms with van der Waals surface area (Å²) >= 11 is 0. The molecule has 4 heterocycles. The van der Waals surface area contributed by atoms with E-state index < -0.39 is 10.0 Å². The van der Waals surface area contributed by atoms with E-state index >= 15 is 0 Å². The molecule has 2 fully saturated rings. The highest BCUT2D eigenvalue weighted by Gasteiger charge is 2.31. The van der Waals surface area contributed by atoms with Crippen LogP contribution in [0.2, 0.25) is 0 Å². The van der Waals surface area contributed by atoms with Gasteiger partial charge in [0, 0.05) is 44.4 Å². The second kappa shape index (κ2) is 10.7. The molecule has 2 N–H and O–H groups in total. The number of carbonyl (C=O) groups is 1. The fourth-order valence-electron chi connectivity index (χ4n) is 5.42. The van der Waals surface area contributed by atoms with Crippen LogP contribution in [0.1, 0.15) is 49.9 Å². The molecule has 1 aromatic carbocycles. The standard InChI is InChI=1S/C29H36N8O4S/c1-17-16-35(3)27(30-17)20-11-12-21(23(14-20)36(4)42(5,39)40)32-22-15-24(34-29(38)19-9-10-19)33-28-26(22)31-18(2)37(28)25-8-6-7-13-41-25/h11-12,14-16,19,25H,6-10,13H2,1-5H3,(H2,32,33,34,38). The number of hydrogen-bond acceptors (Lipinski definition) is 8. The maximum absolute atomic E-state index is 12.7. The van der Waals surface area contributed by atoms with Crippen LogP contribution in [-0.2, 0) is 26.6 Å². The number of pyridine rings is 1. The summed E-state index contributed by atoms with van der Waals surface area (Å²) in [5, 5.41) is 6.40. The fourth-order valence-corrected chi connectivity index (χ4v) is 5.93. The van der Waals surface area contributed by atoms with E-state index in [2.05, 4.69) is 15.6 Å². The lowest BCUT2D eigenvalue weighted by atomic mass is 10.1. The van der Waals surface area contributed by atoms with E-state index in [1.807, 2.05) is 48.4 Å². The Morgan fingerprint density at radius 2 is 1.86 bits per heavy atom. The topological polar surface area (TPSA) is 136 Å². The monoisotopic (exact) mass is 592 g/mol. The predicted octanol–water partition coefficient (Wildman–Crippen LogP) is 4.64. The molecule has 222 valence electrons. The summed E-state index contributed by atoms with van der Waals surface area (Å²) < 4.78 is 36.7. The summed E-state index contributed by atoms with van der Waals surface area (Å²) in [4.78, 5) is 27.0. The Kier molecular flexibility index (Phi) is 7.17. The van der Waals surface area contributed by atoms with Gasteiger partial charge in [-0.1, -0.05) is 0 Å². The van der Waals surface area contributed by atoms with Crippen LogP contribution in [0.3, 0.4) is 0 Å². The molecule has 1 amide bonds. The number of fused-ring (bicyclic) bond motifs is 1. The molecule has 1 atom stereocenters. The van der Waals surface area contributed by atoms with Gasteiger partial charge in [-0.05, 0) is 64.2 Å². The molecule has 2 aliphatic rings. The van der Waals surface area contributed by atoms with Crippen molar-refractivity contribution in [3.05, 3.63) is 42.0 Å². The van der Waals surface area contributed by atoms with E-state index in [9.17, 15) is 13.2 Å². The van der Waals surface area contributed by atoms with Crippen molar-refractivity contribution in [1.29, 1.82) is 0 Å². The van der Waals surface area contributed by atoms with Gasteiger partial charge >= 0.3 is 0 Å². The number of nitrogens with one attached hydrogen (secondary N) is 2. The third kappa shape index (κ3) is 5.45. The van der Waals surface area contributed by atoms with Crippen LogP contribution < -0.4 is 14.9 Å². The zero-order valence-electron chi connectivity index (χ0n) is 24.5. The molecule has 0 bridgehead atoms. The third-order valence-corrected chi connectivity index (χ3v) is 9.02. The van der Waals surface area contributed by atoms with E-state index in [1.165, 1.54) is 17.6 Å². The first-order chi connectivity index (χ1) is 20.0. The van der Waals surface area contributed by atoms with Gasteiger partial charge in [0.1, 0.15) is 29.2 Å². The second-order valence-corrected chi connectivity index (χ2v) is 13.3. The average Bonchev–Trinajstić information content (AvgIpc) is 3.67. The molecular weight excluding hydrogens is 556 g/mol. The largest absolute Gasteiger partial charge is 0.358 e. The molecule has 42 heavy (non-hydrogen) atoms. The number of hydrogen-bond donors (Lipinski definition) is 2. The van der Waals surface area contributed by atoms with Gasteiger partial charge in [-0.15, -0.1) is 0 Å². The highest BCUT2D eigenvalue weighted by Crippen LogP contribution is 2.38. The van der Waals surface area contributed by atoms with E-state index in [4.69, 9.17) is 14.7 Å². The Balaban J connectivity index is 1.48. The van der Waals surface area contributed by atoms with Crippen LogP contribution in [0.4, 0.5) is 22.9 Å². The van der Waals surface area contributed by atoms with Crippen LogP contribution in [-0.4, -0.2) is 58.3 Å². The molecule has 1 unspecified atom stereocenters. The SMILES string of the molecule is Cc1cn(C)c(-c2ccc(Nc3cc(NC(=O)C4CC4)nc4c3nc(C)n4C3CCCCO3)c(N(C)S(C)(=O)=O)c2)n1. The number of anilines is 4. The van der Waals surface area contributed by atoms with Crippen LogP contribution in [0.15, 0.2) is 30.5 Å². The minimum atomic E-state index is -3.60. The summed E-state index contributed by atoms with van der Waals surface area (Å²) in [6, 6.07) is 7.29. The van der Waals surface area contributed by atoms with Gasteiger partial charge in [0.2, 0.25) is 15.9 Å². The lowest BCUT2D eigenvalue weighted by Crippen LogP contribution is -2.25. The molecule has 13 heteroatoms. The van der Waals surface area contributed by atoms with Crippen molar-refractivity contribution in [1.82, 2.24) is 24.1 Å². The number of sulfonamides is 1. The van der Waals surface area contributed by atoms with Gasteiger partial charge in [-0.25, -0.2) is 23.4 Å². The lowest BCUT2D eigenvalue weighted by molar-refractivity contribution is -0.117. The molecular formula is C29H36N8O4S. The minimum absolute atomic E-state index is 0.00421. The number of ether oxygens (including phenoxy) is 1. The highest BCUT2D eigenvalue weighted by molar-refractivity contribution is 7.92. The minimum Gasteiger partial charge on any atom is -0.358 e. The second-order valence-electron chi connectivity index (χ2n) is 11.2. The Hall–Kier alpha value is -3.97. The van der Waals surface area contributed by atoms with E-state index in [1.54, 1.807) is 12.1 Å². The third-order valence-electron chi connectivity index (χ3n) is 7.83. The number of aryl methyl sites for hydroxylation is 3. The molecule has 1 aliphatic carbocycles. The number of amides is 1. The summed E-state index contributed by atoms with van der Waals surface area (Å²) in [5.41, 5.74) is 4.40. The van der Waals surface area contributed by atoms with Crippen LogP contribution >= 0.6 is 0 Å². The van der Waals surface area contributed by atoms with Gasteiger partial charge in [-0.2, -0.15) is 0 Å². The van der Waals surface area contributed by atoms with Gasteiger partial charge in [-0.3, -0.25) is 13.7 Å². The summed E-state index contributed by atoms with van der Waals surface area (Å²) in [5.74, 6) is 1.81. The van der Waals surface area contributed by atoms with E-state index in [0.29, 0.717) is 40.7 Å². The van der Waals surface area contributed by atoms with Crippen molar-refractivity contribution in [2.45, 2.75) is 52.2 Å². The number of nitrogens with zero attached hydrogens (tertiary/aromatic N) is 6. The molecule has 4 aromatic rings. The van der Waals surface area contributed by atoms with Crippen molar-refractivity contribution in [2.75, 3.05) is 34.8 Å². The Labute approximate surface area is 245 Å². The number of carbonyl (C=O) groups excluding carboxylic acids is 1. The van der Waals surface area contributed by atoms with Crippen molar-refractivity contribution >= 4 is 50.0 Å². The van der Waals surface area contributed by atoms with Crippen molar-refractivity contribution in [2.24, 2.45) is 13.0 Å². The first kappa shape index (κ1) is 28.2. The maximum atomic E-state index is 12.7. The van der Waals surface area contributed by atoms with Crippen LogP contribution in [0.25, 0.3) is 22.6 Å². The van der Waals surface area contributed by atoms with E-state index in [0.717, 1.165) is 55.0 Å².